The van der Waals surface area contributed by atoms with Crippen LogP contribution in [0.5, 0.6) is 5.88 Å². The van der Waals surface area contributed by atoms with E-state index in [1.54, 1.807) is 25.1 Å². The van der Waals surface area contributed by atoms with Gasteiger partial charge in [0.15, 0.2) is 0 Å². The lowest BCUT2D eigenvalue weighted by atomic mass is 10.2. The normalized spacial score (nSPS) is 10.7. The maximum atomic E-state index is 11.9. The fourth-order valence-corrected chi connectivity index (χ4v) is 2.88. The minimum absolute atomic E-state index is 0.172. The molecule has 1 heterocycles. The second-order valence-corrected chi connectivity index (χ2v) is 5.44. The van der Waals surface area contributed by atoms with Gasteiger partial charge in [0.2, 0.25) is 5.88 Å². The lowest BCUT2D eigenvalue weighted by Crippen LogP contribution is -2.31. The van der Waals surface area contributed by atoms with Crippen molar-refractivity contribution in [3.05, 3.63) is 53.2 Å². The molecule has 0 unspecified atom stereocenters. The quantitative estimate of drug-likeness (QED) is 0.768. The van der Waals surface area contributed by atoms with E-state index in [0.717, 1.165) is 4.57 Å². The van der Waals surface area contributed by atoms with Crippen molar-refractivity contribution < 1.29 is 5.11 Å². The molecule has 100 valence electrons. The number of hydrogen-bond donors (Lipinski definition) is 2. The first-order chi connectivity index (χ1) is 8.95. The van der Waals surface area contributed by atoms with E-state index in [-0.39, 0.29) is 11.4 Å². The number of rotatable bonds is 2. The van der Waals surface area contributed by atoms with Crippen LogP contribution in [0.3, 0.4) is 0 Å². The number of nitrogens with one attached hydrogen (secondary N) is 1. The van der Waals surface area contributed by atoms with Gasteiger partial charge in [-0.3, -0.25) is 9.78 Å². The standard InChI is InChI=1S/C12H10ClIN2O3/c1-2-7-10(17)15-12(19)16(11(7)18)9-4-3-6(13)5-8(9)14/h3-5,18H,2H2,1H3,(H,15,17,19). The highest BCUT2D eigenvalue weighted by Crippen LogP contribution is 2.24. The van der Waals surface area contributed by atoms with Crippen LogP contribution in [0.2, 0.25) is 5.02 Å². The number of aromatic amines is 1. The summed E-state index contributed by atoms with van der Waals surface area (Å²) in [6, 6.07) is 4.89. The zero-order valence-electron chi connectivity index (χ0n) is 9.91. The molecule has 2 aromatic rings. The Labute approximate surface area is 127 Å². The topological polar surface area (TPSA) is 75.1 Å². The summed E-state index contributed by atoms with van der Waals surface area (Å²) in [7, 11) is 0. The zero-order valence-corrected chi connectivity index (χ0v) is 12.8. The van der Waals surface area contributed by atoms with E-state index in [1.165, 1.54) is 0 Å². The second-order valence-electron chi connectivity index (χ2n) is 3.85. The summed E-state index contributed by atoms with van der Waals surface area (Å²) in [6.45, 7) is 1.73. The lowest BCUT2D eigenvalue weighted by molar-refractivity contribution is 0.423. The molecule has 0 saturated carbocycles. The summed E-state index contributed by atoms with van der Waals surface area (Å²) < 4.78 is 1.76. The Morgan fingerprint density at radius 2 is 2.11 bits per heavy atom. The Kier molecular flexibility index (Phi) is 4.00. The molecule has 0 bridgehead atoms. The minimum Gasteiger partial charge on any atom is -0.494 e. The summed E-state index contributed by atoms with van der Waals surface area (Å²) in [5.41, 5.74) is -0.603. The molecule has 5 nitrogen and oxygen atoms in total. The van der Waals surface area contributed by atoms with Gasteiger partial charge in [0.05, 0.1) is 11.3 Å². The monoisotopic (exact) mass is 392 g/mol. The Balaban J connectivity index is 2.83. The molecule has 0 fully saturated rings. The number of halogens is 2. The summed E-state index contributed by atoms with van der Waals surface area (Å²) >= 11 is 7.86. The second kappa shape index (κ2) is 5.38. The van der Waals surface area contributed by atoms with Crippen molar-refractivity contribution in [3.63, 3.8) is 0 Å². The third kappa shape index (κ3) is 2.55. The van der Waals surface area contributed by atoms with Gasteiger partial charge in [0.25, 0.3) is 5.56 Å². The van der Waals surface area contributed by atoms with E-state index in [2.05, 4.69) is 4.98 Å². The molecule has 0 spiro atoms. The third-order valence-corrected chi connectivity index (χ3v) is 3.78. The van der Waals surface area contributed by atoms with Crippen LogP contribution in [-0.4, -0.2) is 14.7 Å². The summed E-state index contributed by atoms with van der Waals surface area (Å²) in [6.07, 6.45) is 0.325. The van der Waals surface area contributed by atoms with Crippen LogP contribution < -0.4 is 11.2 Å². The van der Waals surface area contributed by atoms with Gasteiger partial charge in [-0.1, -0.05) is 18.5 Å². The average molecular weight is 393 g/mol. The Morgan fingerprint density at radius 3 is 2.68 bits per heavy atom. The van der Waals surface area contributed by atoms with Crippen LogP contribution in [-0.2, 0) is 6.42 Å². The molecule has 0 radical (unpaired) electrons. The van der Waals surface area contributed by atoms with Crippen molar-refractivity contribution in [2.24, 2.45) is 0 Å². The molecule has 1 aromatic heterocycles. The molecule has 1 aromatic carbocycles. The van der Waals surface area contributed by atoms with Gasteiger partial charge in [-0.15, -0.1) is 0 Å². The number of nitrogens with zero attached hydrogens (tertiary/aromatic N) is 1. The number of aromatic hydroxyl groups is 1. The van der Waals surface area contributed by atoms with Crippen LogP contribution >= 0.6 is 34.2 Å². The van der Waals surface area contributed by atoms with Gasteiger partial charge < -0.3 is 5.11 Å². The van der Waals surface area contributed by atoms with E-state index < -0.39 is 11.2 Å². The molecule has 19 heavy (non-hydrogen) atoms. The number of benzene rings is 1. The van der Waals surface area contributed by atoms with Gasteiger partial charge in [-0.05, 0) is 47.2 Å². The highest BCUT2D eigenvalue weighted by molar-refractivity contribution is 14.1. The SMILES string of the molecule is CCc1c(O)n(-c2ccc(Cl)cc2I)c(=O)[nH]c1=O. The smallest absolute Gasteiger partial charge is 0.335 e. The van der Waals surface area contributed by atoms with Crippen molar-refractivity contribution in [1.82, 2.24) is 9.55 Å². The van der Waals surface area contributed by atoms with Gasteiger partial charge in [0, 0.05) is 8.59 Å². The summed E-state index contributed by atoms with van der Waals surface area (Å²) in [5, 5.41) is 10.6. The minimum atomic E-state index is -0.681. The van der Waals surface area contributed by atoms with Gasteiger partial charge in [-0.2, -0.15) is 0 Å². The predicted molar refractivity (Wildman–Crippen MR) is 81.4 cm³/mol. The molecule has 2 N–H and O–H groups in total. The van der Waals surface area contributed by atoms with E-state index in [4.69, 9.17) is 11.6 Å². The van der Waals surface area contributed by atoms with Gasteiger partial charge in [-0.25, -0.2) is 9.36 Å². The zero-order chi connectivity index (χ0) is 14.2. The lowest BCUT2D eigenvalue weighted by Gasteiger charge is -2.12. The van der Waals surface area contributed by atoms with Crippen molar-refractivity contribution in [1.29, 1.82) is 0 Å². The van der Waals surface area contributed by atoms with Crippen molar-refractivity contribution in [3.8, 4) is 11.6 Å². The highest BCUT2D eigenvalue weighted by atomic mass is 127. The van der Waals surface area contributed by atoms with Gasteiger partial charge in [0.1, 0.15) is 0 Å². The van der Waals surface area contributed by atoms with Crippen LogP contribution in [0.4, 0.5) is 0 Å². The van der Waals surface area contributed by atoms with E-state index >= 15 is 0 Å². The molecule has 0 atom stereocenters. The number of hydrogen-bond acceptors (Lipinski definition) is 3. The number of H-pyrrole nitrogens is 1. The number of aromatic nitrogens is 2. The highest BCUT2D eigenvalue weighted by Gasteiger charge is 2.15. The maximum absolute atomic E-state index is 11.9. The van der Waals surface area contributed by atoms with Crippen molar-refractivity contribution in [2.45, 2.75) is 13.3 Å². The average Bonchev–Trinajstić information content (AvgIpc) is 2.31. The Morgan fingerprint density at radius 1 is 1.42 bits per heavy atom. The fourth-order valence-electron chi connectivity index (χ4n) is 1.77. The van der Waals surface area contributed by atoms with Crippen molar-refractivity contribution in [2.75, 3.05) is 0 Å². The Bertz CT molecular complexity index is 752. The molecular formula is C12H10ClIN2O3. The first kappa shape index (κ1) is 14.1. The van der Waals surface area contributed by atoms with Crippen LogP contribution in [0.25, 0.3) is 5.69 Å². The first-order valence-electron chi connectivity index (χ1n) is 5.48. The molecule has 0 saturated heterocycles. The molecule has 0 aliphatic rings. The maximum Gasteiger partial charge on any atom is 0.335 e. The predicted octanol–water partition coefficient (Wildman–Crippen LogP) is 2.05. The fraction of sp³-hybridized carbons (Fsp3) is 0.167. The van der Waals surface area contributed by atoms with E-state index in [0.29, 0.717) is 20.7 Å². The van der Waals surface area contributed by atoms with E-state index in [9.17, 15) is 14.7 Å². The first-order valence-corrected chi connectivity index (χ1v) is 6.94. The molecule has 0 aliphatic carbocycles. The van der Waals surface area contributed by atoms with Crippen LogP contribution in [0.15, 0.2) is 27.8 Å². The molecule has 0 aliphatic heterocycles. The van der Waals surface area contributed by atoms with Crippen molar-refractivity contribution >= 4 is 34.2 Å². The van der Waals surface area contributed by atoms with Gasteiger partial charge >= 0.3 is 5.69 Å². The molecule has 2 rings (SSSR count). The van der Waals surface area contributed by atoms with E-state index in [1.807, 2.05) is 22.6 Å². The Hall–Kier alpha value is -1.28. The molecule has 7 heteroatoms. The largest absolute Gasteiger partial charge is 0.494 e. The summed E-state index contributed by atoms with van der Waals surface area (Å²) in [5.74, 6) is -0.337. The molecular weight excluding hydrogens is 383 g/mol. The molecule has 0 amide bonds. The third-order valence-electron chi connectivity index (χ3n) is 2.68. The summed E-state index contributed by atoms with van der Waals surface area (Å²) in [4.78, 5) is 25.6. The van der Waals surface area contributed by atoms with Crippen LogP contribution in [0.1, 0.15) is 12.5 Å². The van der Waals surface area contributed by atoms with Crippen LogP contribution in [0, 0.1) is 3.57 Å².